The van der Waals surface area contributed by atoms with Crippen LogP contribution >= 0.6 is 11.6 Å². The lowest BCUT2D eigenvalue weighted by Gasteiger charge is -2.12. The van der Waals surface area contributed by atoms with Crippen LogP contribution < -0.4 is 5.32 Å². The maximum absolute atomic E-state index is 13.2. The molecule has 0 radical (unpaired) electrons. The van der Waals surface area contributed by atoms with Gasteiger partial charge in [-0.1, -0.05) is 29.8 Å². The van der Waals surface area contributed by atoms with Gasteiger partial charge in [0.15, 0.2) is 0 Å². The van der Waals surface area contributed by atoms with Gasteiger partial charge < -0.3 is 5.32 Å². The second-order valence-corrected chi connectivity index (χ2v) is 7.34. The van der Waals surface area contributed by atoms with Gasteiger partial charge >= 0.3 is 6.18 Å². The fraction of sp³-hybridized carbons (Fsp3) is 0.286. The molecule has 0 aliphatic carbocycles. The summed E-state index contributed by atoms with van der Waals surface area (Å²) in [5, 5.41) is 8.76. The van der Waals surface area contributed by atoms with E-state index < -0.39 is 11.7 Å². The van der Waals surface area contributed by atoms with E-state index in [1.807, 2.05) is 25.1 Å². The van der Waals surface area contributed by atoms with Gasteiger partial charge in [0.1, 0.15) is 5.82 Å². The van der Waals surface area contributed by atoms with E-state index in [-0.39, 0.29) is 0 Å². The van der Waals surface area contributed by atoms with Gasteiger partial charge in [0.2, 0.25) is 0 Å². The molecule has 0 saturated heterocycles. The number of nitrogens with zero attached hydrogens (tertiary/aromatic N) is 2. The Morgan fingerprint density at radius 3 is 2.68 bits per heavy atom. The minimum atomic E-state index is -4.39. The summed E-state index contributed by atoms with van der Waals surface area (Å²) in [6, 6.07) is 10.9. The summed E-state index contributed by atoms with van der Waals surface area (Å²) >= 11 is 6.29. The van der Waals surface area contributed by atoms with Crippen LogP contribution in [-0.4, -0.2) is 16.3 Å². The highest BCUT2D eigenvalue weighted by Gasteiger charge is 2.31. The SMILES string of the molecule is Cc1c(Cl)cccc1-n1nc(-c2cccc(C(F)(F)F)c2)c2c1NCCCC2. The molecule has 0 saturated carbocycles. The van der Waals surface area contributed by atoms with Crippen LogP contribution in [0.3, 0.4) is 0 Å². The van der Waals surface area contributed by atoms with Crippen molar-refractivity contribution in [2.24, 2.45) is 0 Å². The van der Waals surface area contributed by atoms with Crippen LogP contribution in [0.5, 0.6) is 0 Å². The molecule has 0 unspecified atom stereocenters. The first-order valence-corrected chi connectivity index (χ1v) is 9.53. The Hall–Kier alpha value is -2.47. The van der Waals surface area contributed by atoms with Crippen LogP contribution in [0, 0.1) is 6.92 Å². The van der Waals surface area contributed by atoms with Crippen molar-refractivity contribution in [1.82, 2.24) is 9.78 Å². The molecule has 1 aliphatic rings. The third-order valence-corrected chi connectivity index (χ3v) is 5.47. The first-order chi connectivity index (χ1) is 13.4. The van der Waals surface area contributed by atoms with E-state index in [1.165, 1.54) is 12.1 Å². The van der Waals surface area contributed by atoms with Crippen molar-refractivity contribution < 1.29 is 13.2 Å². The van der Waals surface area contributed by atoms with Gasteiger partial charge in [-0.3, -0.25) is 0 Å². The molecule has 0 atom stereocenters. The molecule has 3 aromatic rings. The number of hydrogen-bond donors (Lipinski definition) is 1. The zero-order valence-corrected chi connectivity index (χ0v) is 16.0. The molecular formula is C21H19ClF3N3. The monoisotopic (exact) mass is 405 g/mol. The van der Waals surface area contributed by atoms with Crippen molar-refractivity contribution >= 4 is 17.4 Å². The molecule has 28 heavy (non-hydrogen) atoms. The van der Waals surface area contributed by atoms with Crippen LogP contribution in [0.4, 0.5) is 19.0 Å². The molecule has 0 amide bonds. The van der Waals surface area contributed by atoms with E-state index in [2.05, 4.69) is 5.32 Å². The van der Waals surface area contributed by atoms with Crippen LogP contribution in [0.15, 0.2) is 42.5 Å². The lowest BCUT2D eigenvalue weighted by Crippen LogP contribution is -2.08. The van der Waals surface area contributed by atoms with Gasteiger partial charge in [0, 0.05) is 22.7 Å². The minimum absolute atomic E-state index is 0.466. The van der Waals surface area contributed by atoms with Crippen molar-refractivity contribution in [2.45, 2.75) is 32.4 Å². The molecular weight excluding hydrogens is 387 g/mol. The Kier molecular flexibility index (Phi) is 4.83. The second-order valence-electron chi connectivity index (χ2n) is 6.93. The van der Waals surface area contributed by atoms with Crippen molar-refractivity contribution in [2.75, 3.05) is 11.9 Å². The zero-order valence-electron chi connectivity index (χ0n) is 15.3. The van der Waals surface area contributed by atoms with Crippen LogP contribution in [0.2, 0.25) is 5.02 Å². The fourth-order valence-corrected chi connectivity index (χ4v) is 3.75. The summed E-state index contributed by atoms with van der Waals surface area (Å²) < 4.78 is 41.4. The molecule has 4 rings (SSSR count). The topological polar surface area (TPSA) is 29.9 Å². The van der Waals surface area contributed by atoms with E-state index in [0.29, 0.717) is 16.3 Å². The van der Waals surface area contributed by atoms with E-state index >= 15 is 0 Å². The van der Waals surface area contributed by atoms with Gasteiger partial charge in [-0.2, -0.15) is 18.3 Å². The zero-order chi connectivity index (χ0) is 19.9. The normalized spacial score (nSPS) is 14.3. The fourth-order valence-electron chi connectivity index (χ4n) is 3.58. The largest absolute Gasteiger partial charge is 0.416 e. The Bertz CT molecular complexity index is 1020. The highest BCUT2D eigenvalue weighted by Crippen LogP contribution is 2.37. The van der Waals surface area contributed by atoms with E-state index in [4.69, 9.17) is 16.7 Å². The second kappa shape index (κ2) is 7.17. The maximum Gasteiger partial charge on any atom is 0.416 e. The predicted molar refractivity (Wildman–Crippen MR) is 105 cm³/mol. The average Bonchev–Trinajstić information content (AvgIpc) is 2.84. The minimum Gasteiger partial charge on any atom is -0.370 e. The van der Waals surface area contributed by atoms with Gasteiger partial charge in [-0.05, 0) is 56.0 Å². The number of halogens is 4. The first-order valence-electron chi connectivity index (χ1n) is 9.15. The van der Waals surface area contributed by atoms with Crippen LogP contribution in [-0.2, 0) is 12.6 Å². The maximum atomic E-state index is 13.2. The van der Waals surface area contributed by atoms with Gasteiger partial charge in [0.05, 0.1) is 16.9 Å². The molecule has 2 heterocycles. The van der Waals surface area contributed by atoms with Crippen molar-refractivity contribution in [1.29, 1.82) is 0 Å². The predicted octanol–water partition coefficient (Wildman–Crippen LogP) is 6.27. The Morgan fingerprint density at radius 2 is 1.89 bits per heavy atom. The highest BCUT2D eigenvalue weighted by atomic mass is 35.5. The number of rotatable bonds is 2. The Balaban J connectivity index is 1.92. The molecule has 0 spiro atoms. The van der Waals surface area contributed by atoms with Crippen LogP contribution in [0.1, 0.15) is 29.5 Å². The quantitative estimate of drug-likeness (QED) is 0.544. The molecule has 7 heteroatoms. The first kappa shape index (κ1) is 18.9. The number of fused-ring (bicyclic) bond motifs is 1. The molecule has 0 fully saturated rings. The summed E-state index contributed by atoms with van der Waals surface area (Å²) in [6.45, 7) is 2.70. The molecule has 3 nitrogen and oxygen atoms in total. The summed E-state index contributed by atoms with van der Waals surface area (Å²) in [5.74, 6) is 0.829. The molecule has 2 aromatic carbocycles. The summed E-state index contributed by atoms with van der Waals surface area (Å²) in [5.41, 5.74) is 3.00. The lowest BCUT2D eigenvalue weighted by molar-refractivity contribution is -0.137. The number of benzene rings is 2. The third-order valence-electron chi connectivity index (χ3n) is 5.06. The highest BCUT2D eigenvalue weighted by molar-refractivity contribution is 6.31. The van der Waals surface area contributed by atoms with Gasteiger partial charge in [0.25, 0.3) is 0 Å². The third kappa shape index (κ3) is 3.37. The summed E-state index contributed by atoms with van der Waals surface area (Å²) in [6.07, 6.45) is -1.69. The number of hydrogen-bond acceptors (Lipinski definition) is 2. The molecule has 1 aromatic heterocycles. The van der Waals surface area contributed by atoms with E-state index in [1.54, 1.807) is 10.7 Å². The van der Waals surface area contributed by atoms with Crippen LogP contribution in [0.25, 0.3) is 16.9 Å². The number of nitrogens with one attached hydrogen (secondary N) is 1. The molecule has 146 valence electrons. The molecule has 1 N–H and O–H groups in total. The van der Waals surface area contributed by atoms with Gasteiger partial charge in [-0.15, -0.1) is 0 Å². The average molecular weight is 406 g/mol. The smallest absolute Gasteiger partial charge is 0.370 e. The Morgan fingerprint density at radius 1 is 1.11 bits per heavy atom. The van der Waals surface area contributed by atoms with E-state index in [9.17, 15) is 13.2 Å². The van der Waals surface area contributed by atoms with Crippen molar-refractivity contribution in [3.05, 3.63) is 64.2 Å². The molecule has 0 bridgehead atoms. The number of alkyl halides is 3. The van der Waals surface area contributed by atoms with E-state index in [0.717, 1.165) is 54.5 Å². The lowest BCUT2D eigenvalue weighted by atomic mass is 10.0. The van der Waals surface area contributed by atoms with Crippen molar-refractivity contribution in [3.63, 3.8) is 0 Å². The van der Waals surface area contributed by atoms with Gasteiger partial charge in [-0.25, -0.2) is 4.68 Å². The number of anilines is 1. The standard InChI is InChI=1S/C21H19ClF3N3/c1-13-17(22)9-5-10-18(13)28-20-16(8-2-3-11-26-20)19(27-28)14-6-4-7-15(12-14)21(23,24)25/h4-7,9-10,12,26H,2-3,8,11H2,1H3. The summed E-state index contributed by atoms with van der Waals surface area (Å²) in [4.78, 5) is 0. The van der Waals surface area contributed by atoms with Crippen molar-refractivity contribution in [3.8, 4) is 16.9 Å². The summed E-state index contributed by atoms with van der Waals surface area (Å²) in [7, 11) is 0. The molecule has 1 aliphatic heterocycles. The number of aromatic nitrogens is 2. The Labute approximate surface area is 166 Å².